The van der Waals surface area contributed by atoms with Crippen molar-refractivity contribution in [3.8, 4) is 23.0 Å². The van der Waals surface area contributed by atoms with Crippen molar-refractivity contribution in [3.63, 3.8) is 0 Å². The number of anilines is 1. The highest BCUT2D eigenvalue weighted by Crippen LogP contribution is 2.34. The van der Waals surface area contributed by atoms with Crippen LogP contribution in [0.15, 0.2) is 79.4 Å². The number of ether oxygens (including phenoxy) is 3. The van der Waals surface area contributed by atoms with Gasteiger partial charge in [0.05, 0.1) is 13.2 Å². The fourth-order valence-corrected chi connectivity index (χ4v) is 3.23. The third-order valence-corrected chi connectivity index (χ3v) is 4.64. The van der Waals surface area contributed by atoms with Crippen LogP contribution >= 0.6 is 0 Å². The summed E-state index contributed by atoms with van der Waals surface area (Å²) in [5, 5.41) is 3.48. The number of rotatable bonds is 12. The van der Waals surface area contributed by atoms with Crippen LogP contribution in [-0.4, -0.2) is 13.2 Å². The molecule has 0 fully saturated rings. The maximum atomic E-state index is 6.00. The van der Waals surface area contributed by atoms with Crippen LogP contribution in [0, 0.1) is 0 Å². The zero-order chi connectivity index (χ0) is 21.9. The van der Waals surface area contributed by atoms with Crippen molar-refractivity contribution in [2.45, 2.75) is 33.2 Å². The van der Waals surface area contributed by atoms with E-state index in [1.807, 2.05) is 67.6 Å². The van der Waals surface area contributed by atoms with Gasteiger partial charge in [-0.1, -0.05) is 31.2 Å². The molecule has 3 aromatic carbocycles. The summed E-state index contributed by atoms with van der Waals surface area (Å²) in [5.74, 6) is 3.25. The Morgan fingerprint density at radius 3 is 2.32 bits per heavy atom. The zero-order valence-electron chi connectivity index (χ0n) is 18.4. The Balaban J connectivity index is 1.70. The van der Waals surface area contributed by atoms with Crippen LogP contribution in [0.4, 0.5) is 5.69 Å². The maximum Gasteiger partial charge on any atom is 0.164 e. The van der Waals surface area contributed by atoms with Gasteiger partial charge in [-0.3, -0.25) is 0 Å². The average molecular weight is 418 g/mol. The average Bonchev–Trinajstić information content (AvgIpc) is 2.79. The van der Waals surface area contributed by atoms with E-state index in [4.69, 9.17) is 14.2 Å². The monoisotopic (exact) mass is 417 g/mol. The van der Waals surface area contributed by atoms with Crippen molar-refractivity contribution >= 4 is 5.69 Å². The van der Waals surface area contributed by atoms with E-state index in [1.165, 1.54) is 0 Å². The van der Waals surface area contributed by atoms with E-state index in [0.717, 1.165) is 52.7 Å². The van der Waals surface area contributed by atoms with Crippen LogP contribution in [0.25, 0.3) is 0 Å². The van der Waals surface area contributed by atoms with Crippen molar-refractivity contribution in [1.29, 1.82) is 0 Å². The molecule has 162 valence electrons. The molecule has 0 bridgehead atoms. The Labute approximate surface area is 185 Å². The first kappa shape index (κ1) is 22.3. The molecule has 4 nitrogen and oxygen atoms in total. The molecule has 0 aliphatic heterocycles. The molecule has 0 aliphatic rings. The van der Waals surface area contributed by atoms with Crippen LogP contribution in [-0.2, 0) is 13.0 Å². The first-order valence-electron chi connectivity index (χ1n) is 10.8. The third kappa shape index (κ3) is 6.54. The van der Waals surface area contributed by atoms with Gasteiger partial charge in [0.15, 0.2) is 11.5 Å². The van der Waals surface area contributed by atoms with Crippen molar-refractivity contribution in [2.24, 2.45) is 0 Å². The second kappa shape index (κ2) is 11.7. The SMILES string of the molecule is C=CCc1cc(CNc2ccc(Oc3ccccc3)cc2)cc(OCC)c1OCCC. The first-order valence-corrected chi connectivity index (χ1v) is 10.8. The van der Waals surface area contributed by atoms with Gasteiger partial charge < -0.3 is 19.5 Å². The summed E-state index contributed by atoms with van der Waals surface area (Å²) in [6.07, 6.45) is 3.58. The highest BCUT2D eigenvalue weighted by atomic mass is 16.5. The second-order valence-corrected chi connectivity index (χ2v) is 7.15. The van der Waals surface area contributed by atoms with Gasteiger partial charge in [-0.2, -0.15) is 0 Å². The largest absolute Gasteiger partial charge is 0.490 e. The molecule has 0 saturated heterocycles. The summed E-state index contributed by atoms with van der Waals surface area (Å²) < 4.78 is 17.7. The topological polar surface area (TPSA) is 39.7 Å². The lowest BCUT2D eigenvalue weighted by molar-refractivity contribution is 0.274. The molecule has 0 spiro atoms. The molecular weight excluding hydrogens is 386 g/mol. The normalized spacial score (nSPS) is 10.4. The molecule has 4 heteroatoms. The second-order valence-electron chi connectivity index (χ2n) is 7.15. The lowest BCUT2D eigenvalue weighted by Crippen LogP contribution is -2.06. The molecule has 0 saturated carbocycles. The molecule has 3 rings (SSSR count). The van der Waals surface area contributed by atoms with Crippen molar-refractivity contribution in [2.75, 3.05) is 18.5 Å². The van der Waals surface area contributed by atoms with Gasteiger partial charge in [0.2, 0.25) is 0 Å². The van der Waals surface area contributed by atoms with E-state index in [0.29, 0.717) is 19.8 Å². The van der Waals surface area contributed by atoms with E-state index in [9.17, 15) is 0 Å². The molecule has 0 amide bonds. The van der Waals surface area contributed by atoms with E-state index < -0.39 is 0 Å². The van der Waals surface area contributed by atoms with E-state index in [-0.39, 0.29) is 0 Å². The van der Waals surface area contributed by atoms with Gasteiger partial charge in [0.1, 0.15) is 11.5 Å². The summed E-state index contributed by atoms with van der Waals surface area (Å²) in [4.78, 5) is 0. The summed E-state index contributed by atoms with van der Waals surface area (Å²) in [5.41, 5.74) is 3.25. The molecule has 0 unspecified atom stereocenters. The summed E-state index contributed by atoms with van der Waals surface area (Å²) in [7, 11) is 0. The van der Waals surface area contributed by atoms with E-state index in [2.05, 4.69) is 31.0 Å². The molecule has 0 aromatic heterocycles. The van der Waals surface area contributed by atoms with Crippen molar-refractivity contribution in [1.82, 2.24) is 0 Å². The van der Waals surface area contributed by atoms with Crippen molar-refractivity contribution < 1.29 is 14.2 Å². The Kier molecular flexibility index (Phi) is 8.41. The number of allylic oxidation sites excluding steroid dienone is 1. The third-order valence-electron chi connectivity index (χ3n) is 4.64. The van der Waals surface area contributed by atoms with Crippen LogP contribution in [0.1, 0.15) is 31.4 Å². The molecule has 0 aliphatic carbocycles. The van der Waals surface area contributed by atoms with Crippen LogP contribution in [0.3, 0.4) is 0 Å². The molecule has 0 atom stereocenters. The van der Waals surface area contributed by atoms with Crippen LogP contribution < -0.4 is 19.5 Å². The smallest absolute Gasteiger partial charge is 0.164 e. The van der Waals surface area contributed by atoms with Gasteiger partial charge in [-0.05, 0) is 73.9 Å². The number of benzene rings is 3. The number of nitrogens with one attached hydrogen (secondary N) is 1. The summed E-state index contributed by atoms with van der Waals surface area (Å²) in [6, 6.07) is 22.0. The van der Waals surface area contributed by atoms with Gasteiger partial charge >= 0.3 is 0 Å². The van der Waals surface area contributed by atoms with Gasteiger partial charge in [0.25, 0.3) is 0 Å². The molecule has 0 radical (unpaired) electrons. The predicted molar refractivity (Wildman–Crippen MR) is 128 cm³/mol. The minimum atomic E-state index is 0.593. The zero-order valence-corrected chi connectivity index (χ0v) is 18.4. The molecule has 31 heavy (non-hydrogen) atoms. The number of para-hydroxylation sites is 1. The maximum absolute atomic E-state index is 6.00. The van der Waals surface area contributed by atoms with E-state index >= 15 is 0 Å². The van der Waals surface area contributed by atoms with E-state index in [1.54, 1.807) is 0 Å². The molecular formula is C27H31NO3. The quantitative estimate of drug-likeness (QED) is 0.322. The predicted octanol–water partition coefficient (Wildman–Crippen LogP) is 7.01. The fourth-order valence-electron chi connectivity index (χ4n) is 3.23. The van der Waals surface area contributed by atoms with Gasteiger partial charge in [0, 0.05) is 17.8 Å². The Morgan fingerprint density at radius 2 is 1.65 bits per heavy atom. The lowest BCUT2D eigenvalue weighted by Gasteiger charge is -2.18. The standard InChI is InChI=1S/C27H31NO3/c1-4-10-22-18-21(19-26(29-6-3)27(22)30-17-5-2)20-28-23-13-15-25(16-14-23)31-24-11-8-7-9-12-24/h4,7-9,11-16,18-19,28H,1,5-6,10,17,20H2,2-3H3. The van der Waals surface area contributed by atoms with Crippen molar-refractivity contribution in [3.05, 3.63) is 90.5 Å². The lowest BCUT2D eigenvalue weighted by atomic mass is 10.1. The summed E-state index contributed by atoms with van der Waals surface area (Å²) in [6.45, 7) is 9.91. The highest BCUT2D eigenvalue weighted by Gasteiger charge is 2.13. The molecule has 3 aromatic rings. The molecule has 1 N–H and O–H groups in total. The number of hydrogen-bond donors (Lipinski definition) is 1. The fraction of sp³-hybridized carbons (Fsp3) is 0.259. The Bertz CT molecular complexity index is 952. The van der Waals surface area contributed by atoms with Crippen LogP contribution in [0.5, 0.6) is 23.0 Å². The Morgan fingerprint density at radius 1 is 0.903 bits per heavy atom. The van der Waals surface area contributed by atoms with Gasteiger partial charge in [-0.15, -0.1) is 6.58 Å². The Hall–Kier alpha value is -3.40. The van der Waals surface area contributed by atoms with Crippen LogP contribution in [0.2, 0.25) is 0 Å². The highest BCUT2D eigenvalue weighted by molar-refractivity contribution is 5.52. The minimum Gasteiger partial charge on any atom is -0.490 e. The molecule has 0 heterocycles. The summed E-state index contributed by atoms with van der Waals surface area (Å²) >= 11 is 0. The minimum absolute atomic E-state index is 0.593. The first-order chi connectivity index (χ1) is 15.2. The number of hydrogen-bond acceptors (Lipinski definition) is 4. The van der Waals surface area contributed by atoms with Gasteiger partial charge in [-0.25, -0.2) is 0 Å².